The molecule has 0 spiro atoms. The zero-order valence-electron chi connectivity index (χ0n) is 21.2. The number of nitrogens with zero attached hydrogens (tertiary/aromatic N) is 4. The SMILES string of the molecule is C[C@@H]1C[C@H](N)CN(c2ncc(Cl)c(Nc3ccc4c(c3)c3c(c(=O)n4C)OCC(F)(F)C(C4CC4)N3)n2)C1. The molecule has 4 heterocycles. The summed E-state index contributed by atoms with van der Waals surface area (Å²) >= 11 is 6.44. The summed E-state index contributed by atoms with van der Waals surface area (Å²) in [6, 6.07) is 4.27. The van der Waals surface area contributed by atoms with Crippen LogP contribution in [0.3, 0.4) is 0 Å². The maximum Gasteiger partial charge on any atom is 0.301 e. The van der Waals surface area contributed by atoms with Gasteiger partial charge in [-0.25, -0.2) is 13.8 Å². The van der Waals surface area contributed by atoms with Gasteiger partial charge in [0.1, 0.15) is 5.02 Å². The van der Waals surface area contributed by atoms with Gasteiger partial charge < -0.3 is 30.6 Å². The number of anilines is 4. The molecule has 0 radical (unpaired) electrons. The second-order valence-corrected chi connectivity index (χ2v) is 11.2. The van der Waals surface area contributed by atoms with Gasteiger partial charge >= 0.3 is 5.92 Å². The molecule has 3 atom stereocenters. The van der Waals surface area contributed by atoms with Crippen LogP contribution in [0.2, 0.25) is 5.02 Å². The molecule has 1 saturated heterocycles. The number of alkyl halides is 2. The van der Waals surface area contributed by atoms with Crippen molar-refractivity contribution in [2.45, 2.75) is 44.2 Å². The van der Waals surface area contributed by atoms with Crippen molar-refractivity contribution in [2.75, 3.05) is 35.2 Å². The summed E-state index contributed by atoms with van der Waals surface area (Å²) in [7, 11) is 1.60. The number of aromatic nitrogens is 3. The molecule has 0 amide bonds. The molecule has 3 aliphatic rings. The van der Waals surface area contributed by atoms with E-state index in [0.29, 0.717) is 58.7 Å². The molecule has 2 aliphatic heterocycles. The fourth-order valence-electron chi connectivity index (χ4n) is 5.58. The number of fused-ring (bicyclic) bond motifs is 3. The first-order valence-corrected chi connectivity index (χ1v) is 13.2. The standard InChI is InChI=1S/C26H30ClF2N7O2/c1-13-7-15(30)11-36(10-13)25-31-9-18(27)23(34-25)32-16-5-6-19-17(8-16)20-21(24(37)35(19)2)38-12-26(28,29)22(33-20)14-3-4-14/h5-6,8-9,13-15,22,33H,3-4,7,10-12,30H2,1-2H3,(H,31,32,34)/t13-,15+,22?/m1/s1. The third-order valence-electron chi connectivity index (χ3n) is 7.58. The van der Waals surface area contributed by atoms with Gasteiger partial charge in [-0.05, 0) is 49.3 Å². The monoisotopic (exact) mass is 545 g/mol. The lowest BCUT2D eigenvalue weighted by Crippen LogP contribution is -2.47. The quantitative estimate of drug-likeness (QED) is 0.449. The molecule has 1 unspecified atom stereocenters. The number of piperidine rings is 1. The number of benzene rings is 1. The topological polar surface area (TPSA) is 110 Å². The van der Waals surface area contributed by atoms with Crippen molar-refractivity contribution in [1.82, 2.24) is 14.5 Å². The Bertz CT molecular complexity index is 1450. The van der Waals surface area contributed by atoms with Crippen LogP contribution in [0.1, 0.15) is 26.2 Å². The number of ether oxygens (including phenoxy) is 1. The Labute approximate surface area is 223 Å². The van der Waals surface area contributed by atoms with Crippen LogP contribution in [0.4, 0.5) is 31.9 Å². The molecule has 6 rings (SSSR count). The average Bonchev–Trinajstić information content (AvgIpc) is 3.71. The van der Waals surface area contributed by atoms with Crippen molar-refractivity contribution in [1.29, 1.82) is 0 Å². The lowest BCUT2D eigenvalue weighted by atomic mass is 9.97. The van der Waals surface area contributed by atoms with Crippen molar-refractivity contribution < 1.29 is 13.5 Å². The lowest BCUT2D eigenvalue weighted by molar-refractivity contribution is -0.0579. The van der Waals surface area contributed by atoms with Gasteiger partial charge in [-0.1, -0.05) is 18.5 Å². The third-order valence-corrected chi connectivity index (χ3v) is 7.86. The minimum atomic E-state index is -3.10. The number of aryl methyl sites for hydroxylation is 1. The highest BCUT2D eigenvalue weighted by Crippen LogP contribution is 2.45. The minimum Gasteiger partial charge on any atom is -0.480 e. The molecule has 1 aliphatic carbocycles. The normalized spacial score (nSPS) is 24.8. The summed E-state index contributed by atoms with van der Waals surface area (Å²) in [5.41, 5.74) is 7.23. The molecule has 1 aromatic carbocycles. The minimum absolute atomic E-state index is 0.0402. The number of nitrogens with one attached hydrogen (secondary N) is 2. The molecule has 0 bridgehead atoms. The number of hydrogen-bond donors (Lipinski definition) is 3. The van der Waals surface area contributed by atoms with E-state index in [2.05, 4.69) is 32.4 Å². The molecular formula is C26H30ClF2N7O2. The van der Waals surface area contributed by atoms with Gasteiger partial charge in [0.2, 0.25) is 11.7 Å². The van der Waals surface area contributed by atoms with Crippen LogP contribution in [0, 0.1) is 11.8 Å². The molecule has 202 valence electrons. The van der Waals surface area contributed by atoms with E-state index >= 15 is 0 Å². The Hall–Kier alpha value is -3.18. The van der Waals surface area contributed by atoms with Gasteiger partial charge in [-0.3, -0.25) is 4.79 Å². The van der Waals surface area contributed by atoms with Crippen LogP contribution < -0.4 is 31.6 Å². The molecule has 12 heteroatoms. The molecule has 2 fully saturated rings. The first-order valence-electron chi connectivity index (χ1n) is 12.8. The Morgan fingerprint density at radius 3 is 2.82 bits per heavy atom. The summed E-state index contributed by atoms with van der Waals surface area (Å²) in [6.07, 6.45) is 3.93. The first-order chi connectivity index (χ1) is 18.1. The van der Waals surface area contributed by atoms with Crippen LogP contribution in [-0.2, 0) is 7.05 Å². The fraction of sp³-hybridized carbons (Fsp3) is 0.500. The maximum absolute atomic E-state index is 14.9. The summed E-state index contributed by atoms with van der Waals surface area (Å²) in [5.74, 6) is -2.02. The van der Waals surface area contributed by atoms with Crippen LogP contribution in [0.25, 0.3) is 10.9 Å². The van der Waals surface area contributed by atoms with E-state index in [9.17, 15) is 13.6 Å². The highest BCUT2D eigenvalue weighted by atomic mass is 35.5. The Balaban J connectivity index is 1.38. The van der Waals surface area contributed by atoms with Gasteiger partial charge in [0.25, 0.3) is 5.56 Å². The fourth-order valence-corrected chi connectivity index (χ4v) is 5.72. The van der Waals surface area contributed by atoms with Crippen molar-refractivity contribution >= 4 is 45.6 Å². The second kappa shape index (κ2) is 9.23. The van der Waals surface area contributed by atoms with Crippen LogP contribution in [0.15, 0.2) is 29.2 Å². The Morgan fingerprint density at radius 2 is 2.08 bits per heavy atom. The van der Waals surface area contributed by atoms with E-state index < -0.39 is 24.1 Å². The van der Waals surface area contributed by atoms with Gasteiger partial charge in [0, 0.05) is 37.3 Å². The number of rotatable bonds is 4. The smallest absolute Gasteiger partial charge is 0.301 e. The zero-order valence-corrected chi connectivity index (χ0v) is 21.9. The van der Waals surface area contributed by atoms with E-state index in [1.807, 2.05) is 0 Å². The van der Waals surface area contributed by atoms with Gasteiger partial charge in [0.05, 0.1) is 23.4 Å². The van der Waals surface area contributed by atoms with Gasteiger partial charge in [0.15, 0.2) is 12.4 Å². The van der Waals surface area contributed by atoms with E-state index in [4.69, 9.17) is 22.1 Å². The van der Waals surface area contributed by atoms with E-state index in [1.54, 1.807) is 31.4 Å². The summed E-state index contributed by atoms with van der Waals surface area (Å²) in [6.45, 7) is 2.75. The second-order valence-electron chi connectivity index (χ2n) is 10.8. The van der Waals surface area contributed by atoms with Crippen LogP contribution in [0.5, 0.6) is 5.75 Å². The van der Waals surface area contributed by atoms with Gasteiger partial charge in [-0.2, -0.15) is 4.98 Å². The van der Waals surface area contributed by atoms with E-state index in [-0.39, 0.29) is 23.4 Å². The average molecular weight is 546 g/mol. The Morgan fingerprint density at radius 1 is 1.29 bits per heavy atom. The van der Waals surface area contributed by atoms with Crippen LogP contribution in [-0.4, -0.2) is 52.2 Å². The zero-order chi connectivity index (χ0) is 26.8. The van der Waals surface area contributed by atoms with Crippen molar-refractivity contribution in [3.8, 4) is 5.75 Å². The summed E-state index contributed by atoms with van der Waals surface area (Å²) in [4.78, 5) is 24.1. The first kappa shape index (κ1) is 25.1. The lowest BCUT2D eigenvalue weighted by Gasteiger charge is -2.34. The van der Waals surface area contributed by atoms with Crippen molar-refractivity contribution in [2.24, 2.45) is 24.6 Å². The summed E-state index contributed by atoms with van der Waals surface area (Å²) in [5, 5.41) is 7.15. The van der Waals surface area contributed by atoms with Crippen molar-refractivity contribution in [3.63, 3.8) is 0 Å². The number of halogens is 3. The number of pyridine rings is 1. The van der Waals surface area contributed by atoms with E-state index in [1.165, 1.54) is 4.57 Å². The molecule has 9 nitrogen and oxygen atoms in total. The van der Waals surface area contributed by atoms with Gasteiger partial charge in [-0.15, -0.1) is 0 Å². The molecular weight excluding hydrogens is 516 g/mol. The molecule has 2 aromatic heterocycles. The highest BCUT2D eigenvalue weighted by Gasteiger charge is 2.51. The molecule has 3 aromatic rings. The predicted molar refractivity (Wildman–Crippen MR) is 144 cm³/mol. The molecule has 38 heavy (non-hydrogen) atoms. The summed E-state index contributed by atoms with van der Waals surface area (Å²) < 4.78 is 36.7. The van der Waals surface area contributed by atoms with E-state index in [0.717, 1.165) is 13.0 Å². The molecule has 1 saturated carbocycles. The largest absolute Gasteiger partial charge is 0.480 e. The third kappa shape index (κ3) is 4.51. The predicted octanol–water partition coefficient (Wildman–Crippen LogP) is 4.12. The van der Waals surface area contributed by atoms with Crippen LogP contribution >= 0.6 is 11.6 Å². The van der Waals surface area contributed by atoms with Crippen molar-refractivity contribution in [3.05, 3.63) is 39.8 Å². The highest BCUT2D eigenvalue weighted by molar-refractivity contribution is 6.32. The number of nitrogens with two attached hydrogens (primary N) is 1. The number of hydrogen-bond acceptors (Lipinski definition) is 8. The maximum atomic E-state index is 14.9. The Kier molecular flexibility index (Phi) is 6.10. The molecule has 4 N–H and O–H groups in total.